The number of hydrogen-bond acceptors (Lipinski definition) is 4. The van der Waals surface area contributed by atoms with Crippen molar-refractivity contribution in [2.24, 2.45) is 0 Å². The maximum absolute atomic E-state index is 11.8. The number of likely N-dealkylation sites (N-methyl/N-ethyl adjacent to an activating group) is 1. The predicted molar refractivity (Wildman–Crippen MR) is 89.4 cm³/mol. The largest absolute Gasteiger partial charge is 0.550 e. The van der Waals surface area contributed by atoms with Crippen molar-refractivity contribution in [1.82, 2.24) is 0 Å². The summed E-state index contributed by atoms with van der Waals surface area (Å²) in [7, 11) is 5.76. The molecule has 0 N–H and O–H groups in total. The molecule has 0 aliphatic heterocycles. The Hall–Kier alpha value is -1.62. The normalized spacial score (nSPS) is 13.6. The maximum atomic E-state index is 11.8. The maximum Gasteiger partial charge on any atom is 0.306 e. The minimum Gasteiger partial charge on any atom is -0.550 e. The number of aliphatic carboxylic acids is 1. The summed E-state index contributed by atoms with van der Waals surface area (Å²) in [5.41, 5.74) is 0. The second kappa shape index (κ2) is 11.9. The first-order chi connectivity index (χ1) is 10.7. The van der Waals surface area contributed by atoms with Crippen molar-refractivity contribution in [2.45, 2.75) is 51.6 Å². The molecule has 0 aliphatic carbocycles. The summed E-state index contributed by atoms with van der Waals surface area (Å²) in [5, 5.41) is 10.8. The number of allylic oxidation sites excluding steroid dienone is 4. The molecule has 0 aromatic rings. The van der Waals surface area contributed by atoms with Crippen LogP contribution in [0.1, 0.15) is 45.4 Å². The van der Waals surface area contributed by atoms with Crippen molar-refractivity contribution in [1.29, 1.82) is 0 Å². The average Bonchev–Trinajstić information content (AvgIpc) is 2.39. The standard InChI is InChI=1S/C18H31NO4/c1-5-6-7-8-9-10-11-12-13-18(22)23-16(14-17(20)21)15-19(2,3)4/h7-8,10-11,16H,5-6,9,12-15H2,1-4H3/b8-7+,11-10+. The molecule has 0 spiro atoms. The van der Waals surface area contributed by atoms with Gasteiger partial charge in [-0.15, -0.1) is 0 Å². The van der Waals surface area contributed by atoms with Crippen LogP contribution in [-0.2, 0) is 14.3 Å². The molecular formula is C18H31NO4. The number of hydrogen-bond donors (Lipinski definition) is 0. The van der Waals surface area contributed by atoms with Crippen molar-refractivity contribution < 1.29 is 23.9 Å². The molecule has 23 heavy (non-hydrogen) atoms. The van der Waals surface area contributed by atoms with Crippen LogP contribution >= 0.6 is 0 Å². The van der Waals surface area contributed by atoms with Crippen molar-refractivity contribution >= 4 is 11.9 Å². The first-order valence-corrected chi connectivity index (χ1v) is 8.24. The van der Waals surface area contributed by atoms with E-state index in [4.69, 9.17) is 4.74 Å². The Bertz CT molecular complexity index is 408. The summed E-state index contributed by atoms with van der Waals surface area (Å²) in [5.74, 6) is -1.56. The van der Waals surface area contributed by atoms with Crippen molar-refractivity contribution in [2.75, 3.05) is 27.7 Å². The number of carboxylic acids is 1. The van der Waals surface area contributed by atoms with Gasteiger partial charge in [-0.05, 0) is 19.3 Å². The molecule has 0 amide bonds. The highest BCUT2D eigenvalue weighted by atomic mass is 16.5. The van der Waals surface area contributed by atoms with Gasteiger partial charge in [-0.3, -0.25) is 4.79 Å². The second-order valence-corrected chi connectivity index (χ2v) is 6.67. The van der Waals surface area contributed by atoms with E-state index in [0.29, 0.717) is 17.4 Å². The van der Waals surface area contributed by atoms with Gasteiger partial charge < -0.3 is 19.1 Å². The Morgan fingerprint density at radius 2 is 1.70 bits per heavy atom. The lowest BCUT2D eigenvalue weighted by molar-refractivity contribution is -0.873. The molecule has 132 valence electrons. The van der Waals surface area contributed by atoms with E-state index in [1.807, 2.05) is 33.3 Å². The highest BCUT2D eigenvalue weighted by molar-refractivity contribution is 5.71. The molecule has 5 heteroatoms. The summed E-state index contributed by atoms with van der Waals surface area (Å²) >= 11 is 0. The second-order valence-electron chi connectivity index (χ2n) is 6.67. The number of ether oxygens (including phenoxy) is 1. The van der Waals surface area contributed by atoms with E-state index < -0.39 is 12.1 Å². The third-order valence-corrected chi connectivity index (χ3v) is 3.02. The van der Waals surface area contributed by atoms with Gasteiger partial charge in [0.25, 0.3) is 0 Å². The number of esters is 1. The third-order valence-electron chi connectivity index (χ3n) is 3.02. The first-order valence-electron chi connectivity index (χ1n) is 8.24. The summed E-state index contributed by atoms with van der Waals surface area (Å²) in [6, 6.07) is 0. The fourth-order valence-electron chi connectivity index (χ4n) is 2.06. The van der Waals surface area contributed by atoms with Gasteiger partial charge in [0.15, 0.2) is 6.10 Å². The lowest BCUT2D eigenvalue weighted by atomic mass is 10.2. The van der Waals surface area contributed by atoms with Crippen LogP contribution in [0.2, 0.25) is 0 Å². The number of unbranched alkanes of at least 4 members (excludes halogenated alkanes) is 1. The molecule has 0 fully saturated rings. The average molecular weight is 325 g/mol. The molecular weight excluding hydrogens is 294 g/mol. The Labute approximate surface area is 140 Å². The van der Waals surface area contributed by atoms with Gasteiger partial charge in [-0.25, -0.2) is 0 Å². The van der Waals surface area contributed by atoms with Gasteiger partial charge >= 0.3 is 5.97 Å². The number of carboxylic acid groups (broad SMARTS) is 1. The van der Waals surface area contributed by atoms with Gasteiger partial charge in [0.2, 0.25) is 0 Å². The zero-order valence-corrected chi connectivity index (χ0v) is 14.9. The molecule has 0 aromatic heterocycles. The smallest absolute Gasteiger partial charge is 0.306 e. The lowest BCUT2D eigenvalue weighted by Crippen LogP contribution is -2.45. The Morgan fingerprint density at radius 3 is 2.22 bits per heavy atom. The number of carbonyl (C=O) groups excluding carboxylic acids is 2. The van der Waals surface area contributed by atoms with Gasteiger partial charge in [-0.2, -0.15) is 0 Å². The molecule has 0 radical (unpaired) electrons. The van der Waals surface area contributed by atoms with Crippen LogP contribution in [-0.4, -0.2) is 50.2 Å². The molecule has 0 heterocycles. The first kappa shape index (κ1) is 21.4. The van der Waals surface area contributed by atoms with E-state index in [1.165, 1.54) is 0 Å². The van der Waals surface area contributed by atoms with Crippen molar-refractivity contribution in [3.8, 4) is 0 Å². The fraction of sp³-hybridized carbons (Fsp3) is 0.667. The Morgan fingerprint density at radius 1 is 1.09 bits per heavy atom. The van der Waals surface area contributed by atoms with E-state index in [1.54, 1.807) is 0 Å². The zero-order chi connectivity index (χ0) is 17.7. The molecule has 0 aromatic carbocycles. The molecule has 5 nitrogen and oxygen atoms in total. The van der Waals surface area contributed by atoms with Crippen LogP contribution < -0.4 is 5.11 Å². The van der Waals surface area contributed by atoms with Crippen LogP contribution in [0.5, 0.6) is 0 Å². The third kappa shape index (κ3) is 15.1. The van der Waals surface area contributed by atoms with Gasteiger partial charge in [0, 0.05) is 18.8 Å². The molecule has 1 unspecified atom stereocenters. The highest BCUT2D eigenvalue weighted by Crippen LogP contribution is 2.07. The zero-order valence-electron chi connectivity index (χ0n) is 14.9. The Balaban J connectivity index is 4.12. The minimum absolute atomic E-state index is 0.260. The summed E-state index contributed by atoms with van der Waals surface area (Å²) in [6.45, 7) is 2.58. The summed E-state index contributed by atoms with van der Waals surface area (Å²) in [4.78, 5) is 22.6. The molecule has 0 saturated carbocycles. The van der Waals surface area contributed by atoms with Crippen molar-refractivity contribution in [3.63, 3.8) is 0 Å². The molecule has 0 aliphatic rings. The Kier molecular flexibility index (Phi) is 11.0. The van der Waals surface area contributed by atoms with Crippen LogP contribution in [0.25, 0.3) is 0 Å². The molecule has 0 rings (SSSR count). The van der Waals surface area contributed by atoms with E-state index >= 15 is 0 Å². The summed E-state index contributed by atoms with van der Waals surface area (Å²) in [6.07, 6.45) is 11.3. The molecule has 1 atom stereocenters. The van der Waals surface area contributed by atoms with Crippen LogP contribution in [0, 0.1) is 0 Å². The fourth-order valence-corrected chi connectivity index (χ4v) is 2.06. The molecule has 0 saturated heterocycles. The SMILES string of the molecule is CCC/C=C/C/C=C/CCC(=O)OC(CC(=O)[O-])C[N+](C)(C)C. The van der Waals surface area contributed by atoms with Gasteiger partial charge in [0.05, 0.1) is 21.1 Å². The van der Waals surface area contributed by atoms with Crippen LogP contribution in [0.3, 0.4) is 0 Å². The number of rotatable bonds is 12. The summed E-state index contributed by atoms with van der Waals surface area (Å²) < 4.78 is 5.80. The van der Waals surface area contributed by atoms with Crippen LogP contribution in [0.4, 0.5) is 0 Å². The van der Waals surface area contributed by atoms with E-state index in [-0.39, 0.29) is 18.8 Å². The van der Waals surface area contributed by atoms with Crippen molar-refractivity contribution in [3.05, 3.63) is 24.3 Å². The van der Waals surface area contributed by atoms with Gasteiger partial charge in [-0.1, -0.05) is 37.6 Å². The van der Waals surface area contributed by atoms with Gasteiger partial charge in [0.1, 0.15) is 6.54 Å². The van der Waals surface area contributed by atoms with Crippen LogP contribution in [0.15, 0.2) is 24.3 Å². The minimum atomic E-state index is -1.20. The molecule has 0 bridgehead atoms. The monoisotopic (exact) mass is 325 g/mol. The van der Waals surface area contributed by atoms with E-state index in [0.717, 1.165) is 19.3 Å². The number of quaternary nitrogens is 1. The topological polar surface area (TPSA) is 66.4 Å². The predicted octanol–water partition coefficient (Wildman–Crippen LogP) is 1.83. The van der Waals surface area contributed by atoms with E-state index in [2.05, 4.69) is 19.1 Å². The number of nitrogens with zero attached hydrogens (tertiary/aromatic N) is 1. The quantitative estimate of drug-likeness (QED) is 0.312. The highest BCUT2D eigenvalue weighted by Gasteiger charge is 2.22. The lowest BCUT2D eigenvalue weighted by Gasteiger charge is -2.29. The van der Waals surface area contributed by atoms with E-state index in [9.17, 15) is 14.7 Å². The number of carbonyl (C=O) groups is 2.